The molecule has 1 aliphatic rings. The lowest BCUT2D eigenvalue weighted by Gasteiger charge is -2.19. The maximum atomic E-state index is 13.5. The first-order chi connectivity index (χ1) is 9.66. The van der Waals surface area contributed by atoms with Gasteiger partial charge in [-0.15, -0.1) is 0 Å². The normalized spacial score (nSPS) is 13.2. The molecule has 0 saturated heterocycles. The number of hydrazine groups is 1. The third-order valence-electron chi connectivity index (χ3n) is 3.23. The molecule has 2 aromatic rings. The van der Waals surface area contributed by atoms with Crippen LogP contribution in [0.5, 0.6) is 0 Å². The summed E-state index contributed by atoms with van der Waals surface area (Å²) in [6.45, 7) is 0.412. The van der Waals surface area contributed by atoms with Crippen molar-refractivity contribution in [2.75, 3.05) is 0 Å². The van der Waals surface area contributed by atoms with E-state index >= 15 is 0 Å². The Balaban J connectivity index is 1.79. The summed E-state index contributed by atoms with van der Waals surface area (Å²) in [5.74, 6) is -0.917. The highest BCUT2D eigenvalue weighted by Gasteiger charge is 2.25. The summed E-state index contributed by atoms with van der Waals surface area (Å²) in [5, 5.41) is 9.43. The second kappa shape index (κ2) is 4.77. The first kappa shape index (κ1) is 12.3. The van der Waals surface area contributed by atoms with Crippen LogP contribution < -0.4 is 5.43 Å². The van der Waals surface area contributed by atoms with Gasteiger partial charge in [0, 0.05) is 5.56 Å². The Morgan fingerprint density at radius 3 is 2.60 bits per heavy atom. The van der Waals surface area contributed by atoms with Gasteiger partial charge in [0.05, 0.1) is 12.1 Å². The summed E-state index contributed by atoms with van der Waals surface area (Å²) in [6, 6.07) is 13.2. The molecule has 0 bridgehead atoms. The lowest BCUT2D eigenvalue weighted by Crippen LogP contribution is -2.42. The van der Waals surface area contributed by atoms with Crippen molar-refractivity contribution in [1.82, 2.24) is 10.4 Å². The zero-order valence-electron chi connectivity index (χ0n) is 10.6. The average molecular weight is 269 g/mol. The largest absolute Gasteiger partial charge is 0.283 e. The molecule has 4 nitrogen and oxygen atoms in total. The molecule has 100 valence electrons. The van der Waals surface area contributed by atoms with Crippen molar-refractivity contribution in [2.24, 2.45) is 0 Å². The van der Waals surface area contributed by atoms with E-state index in [0.29, 0.717) is 6.54 Å². The van der Waals surface area contributed by atoms with Gasteiger partial charge in [0.2, 0.25) is 0 Å². The molecule has 20 heavy (non-hydrogen) atoms. The Morgan fingerprint density at radius 1 is 1.15 bits per heavy atom. The molecule has 1 aliphatic heterocycles. The highest BCUT2D eigenvalue weighted by atomic mass is 19.1. The Bertz CT molecular complexity index is 699. The summed E-state index contributed by atoms with van der Waals surface area (Å²) < 4.78 is 13.5. The van der Waals surface area contributed by atoms with E-state index in [1.807, 2.05) is 24.3 Å². The lowest BCUT2D eigenvalue weighted by molar-refractivity contribution is 0.0865. The van der Waals surface area contributed by atoms with Crippen molar-refractivity contribution in [3.05, 3.63) is 71.0 Å². The maximum absolute atomic E-state index is 13.5. The fourth-order valence-electron chi connectivity index (χ4n) is 2.21. The SMILES string of the molecule is N=C1c2ccccc2CN1NC(=O)c1ccccc1F. The molecule has 0 radical (unpaired) electrons. The third-order valence-corrected chi connectivity index (χ3v) is 3.23. The molecule has 3 rings (SSSR count). The van der Waals surface area contributed by atoms with Crippen molar-refractivity contribution >= 4 is 11.7 Å². The number of hydrogen-bond acceptors (Lipinski definition) is 2. The number of nitrogens with zero attached hydrogens (tertiary/aromatic N) is 1. The number of rotatable bonds is 2. The fourth-order valence-corrected chi connectivity index (χ4v) is 2.21. The number of amidine groups is 1. The Labute approximate surface area is 115 Å². The molecule has 0 atom stereocenters. The molecule has 0 aliphatic carbocycles. The van der Waals surface area contributed by atoms with Crippen LogP contribution in [0.3, 0.4) is 0 Å². The van der Waals surface area contributed by atoms with Gasteiger partial charge >= 0.3 is 0 Å². The second-order valence-corrected chi connectivity index (χ2v) is 4.51. The molecule has 5 heteroatoms. The smallest absolute Gasteiger partial charge is 0.272 e. The number of amides is 1. The molecule has 1 heterocycles. The van der Waals surface area contributed by atoms with Crippen LogP contribution >= 0.6 is 0 Å². The molecule has 0 fully saturated rings. The molecule has 0 spiro atoms. The average Bonchev–Trinajstić information content (AvgIpc) is 2.76. The molecular formula is C15H12FN3O. The number of carbonyl (C=O) groups excluding carboxylic acids is 1. The minimum absolute atomic E-state index is 0.0312. The van der Waals surface area contributed by atoms with Crippen molar-refractivity contribution in [3.63, 3.8) is 0 Å². The van der Waals surface area contributed by atoms with Crippen LogP contribution in [0, 0.1) is 11.2 Å². The zero-order chi connectivity index (χ0) is 14.1. The quantitative estimate of drug-likeness (QED) is 0.879. The van der Waals surface area contributed by atoms with Crippen LogP contribution in [0.1, 0.15) is 21.5 Å². The first-order valence-corrected chi connectivity index (χ1v) is 6.16. The van der Waals surface area contributed by atoms with E-state index < -0.39 is 11.7 Å². The molecular weight excluding hydrogens is 257 g/mol. The minimum atomic E-state index is -0.576. The van der Waals surface area contributed by atoms with Gasteiger partial charge < -0.3 is 0 Å². The van der Waals surface area contributed by atoms with Gasteiger partial charge in [0.1, 0.15) is 11.7 Å². The number of nitrogens with one attached hydrogen (secondary N) is 2. The fraction of sp³-hybridized carbons (Fsp3) is 0.0667. The van der Waals surface area contributed by atoms with E-state index in [1.54, 1.807) is 6.07 Å². The van der Waals surface area contributed by atoms with Crippen LogP contribution in [-0.4, -0.2) is 16.8 Å². The predicted octanol–water partition coefficient (Wildman–Crippen LogP) is 2.31. The highest BCUT2D eigenvalue weighted by molar-refractivity contribution is 6.03. The van der Waals surface area contributed by atoms with Gasteiger partial charge in [-0.05, 0) is 17.7 Å². The second-order valence-electron chi connectivity index (χ2n) is 4.51. The summed E-state index contributed by atoms with van der Waals surface area (Å²) in [5.41, 5.74) is 4.27. The zero-order valence-corrected chi connectivity index (χ0v) is 10.6. The number of benzene rings is 2. The number of halogens is 1. The van der Waals surface area contributed by atoms with E-state index in [0.717, 1.165) is 11.1 Å². The van der Waals surface area contributed by atoms with Gasteiger partial charge in [0.25, 0.3) is 5.91 Å². The first-order valence-electron chi connectivity index (χ1n) is 6.16. The van der Waals surface area contributed by atoms with Crippen LogP contribution in [0.2, 0.25) is 0 Å². The monoisotopic (exact) mass is 269 g/mol. The topological polar surface area (TPSA) is 56.2 Å². The van der Waals surface area contributed by atoms with Crippen molar-refractivity contribution in [1.29, 1.82) is 5.41 Å². The number of fused-ring (bicyclic) bond motifs is 1. The minimum Gasteiger partial charge on any atom is -0.283 e. The standard InChI is InChI=1S/C15H12FN3O/c16-13-8-4-3-7-12(13)15(20)18-19-9-10-5-1-2-6-11(10)14(19)17/h1-8,17H,9H2,(H,18,20). The lowest BCUT2D eigenvalue weighted by atomic mass is 10.1. The van der Waals surface area contributed by atoms with Crippen molar-refractivity contribution < 1.29 is 9.18 Å². The summed E-state index contributed by atoms with van der Waals surface area (Å²) in [4.78, 5) is 12.0. The van der Waals surface area contributed by atoms with Gasteiger partial charge in [-0.25, -0.2) is 4.39 Å². The molecule has 1 amide bonds. The van der Waals surface area contributed by atoms with E-state index in [4.69, 9.17) is 5.41 Å². The molecule has 0 aromatic heterocycles. The Kier molecular flexibility index (Phi) is 2.95. The van der Waals surface area contributed by atoms with Gasteiger partial charge in [-0.3, -0.25) is 20.6 Å². The van der Waals surface area contributed by atoms with E-state index in [9.17, 15) is 9.18 Å². The molecule has 0 unspecified atom stereocenters. The van der Waals surface area contributed by atoms with Crippen LogP contribution in [0.25, 0.3) is 0 Å². The van der Waals surface area contributed by atoms with Crippen molar-refractivity contribution in [3.8, 4) is 0 Å². The van der Waals surface area contributed by atoms with Gasteiger partial charge in [-0.2, -0.15) is 0 Å². The molecule has 2 N–H and O–H groups in total. The third kappa shape index (κ3) is 2.03. The van der Waals surface area contributed by atoms with E-state index in [1.165, 1.54) is 23.2 Å². The number of carbonyl (C=O) groups is 1. The van der Waals surface area contributed by atoms with E-state index in [-0.39, 0.29) is 11.4 Å². The molecule has 0 saturated carbocycles. The Morgan fingerprint density at radius 2 is 1.85 bits per heavy atom. The predicted molar refractivity (Wildman–Crippen MR) is 72.7 cm³/mol. The van der Waals surface area contributed by atoms with Gasteiger partial charge in [0.15, 0.2) is 0 Å². The van der Waals surface area contributed by atoms with Crippen LogP contribution in [-0.2, 0) is 6.54 Å². The Hall–Kier alpha value is -2.69. The molecule has 2 aromatic carbocycles. The van der Waals surface area contributed by atoms with Crippen LogP contribution in [0.15, 0.2) is 48.5 Å². The summed E-state index contributed by atoms with van der Waals surface area (Å²) in [7, 11) is 0. The summed E-state index contributed by atoms with van der Waals surface area (Å²) in [6.07, 6.45) is 0. The van der Waals surface area contributed by atoms with Gasteiger partial charge in [-0.1, -0.05) is 36.4 Å². The summed E-state index contributed by atoms with van der Waals surface area (Å²) >= 11 is 0. The number of hydrogen-bond donors (Lipinski definition) is 2. The van der Waals surface area contributed by atoms with E-state index in [2.05, 4.69) is 5.43 Å². The van der Waals surface area contributed by atoms with Crippen molar-refractivity contribution in [2.45, 2.75) is 6.54 Å². The highest BCUT2D eigenvalue weighted by Crippen LogP contribution is 2.20. The van der Waals surface area contributed by atoms with Crippen LogP contribution in [0.4, 0.5) is 4.39 Å². The maximum Gasteiger partial charge on any atom is 0.272 e.